The van der Waals surface area contributed by atoms with Crippen LogP contribution in [0.25, 0.3) is 11.0 Å². The maximum absolute atomic E-state index is 13.9. The number of fused-ring (bicyclic) bond motifs is 1. The van der Waals surface area contributed by atoms with Crippen LogP contribution in [0.4, 0.5) is 4.39 Å². The van der Waals surface area contributed by atoms with Crippen molar-refractivity contribution in [3.63, 3.8) is 0 Å². The molecule has 3 heterocycles. The van der Waals surface area contributed by atoms with Gasteiger partial charge in [0.25, 0.3) is 0 Å². The van der Waals surface area contributed by atoms with Crippen molar-refractivity contribution in [2.75, 3.05) is 19.7 Å². The van der Waals surface area contributed by atoms with E-state index in [0.29, 0.717) is 47.4 Å². The van der Waals surface area contributed by atoms with E-state index in [4.69, 9.17) is 9.47 Å². The van der Waals surface area contributed by atoms with Crippen LogP contribution < -0.4 is 0 Å². The van der Waals surface area contributed by atoms with Gasteiger partial charge in [-0.2, -0.15) is 0 Å². The maximum Gasteiger partial charge on any atom is 0.340 e. The van der Waals surface area contributed by atoms with Gasteiger partial charge in [0.05, 0.1) is 30.6 Å². The first-order valence-electron chi connectivity index (χ1n) is 13.7. The Morgan fingerprint density at radius 2 is 1.74 bits per heavy atom. The van der Waals surface area contributed by atoms with Crippen molar-refractivity contribution in [3.05, 3.63) is 29.3 Å². The first-order valence-corrected chi connectivity index (χ1v) is 13.7. The Hall–Kier alpha value is -1.99. The molecule has 7 heteroatoms. The van der Waals surface area contributed by atoms with E-state index in [1.165, 1.54) is 50.8 Å². The number of carbonyl (C=O) groups excluding carboxylic acids is 1. The molecule has 2 aromatic heterocycles. The lowest BCUT2D eigenvalue weighted by Gasteiger charge is -2.46. The SMILES string of the molecule is CCCC.CCOC(=O)c1c(C)n(CC2CCC(N3CC(OC4CC4)C3)CC2)c2ncc(F)cc12. The molecular formula is C28H42FN3O3. The summed E-state index contributed by atoms with van der Waals surface area (Å²) in [6.45, 7) is 11.3. The Kier molecular flexibility index (Phi) is 8.82. The van der Waals surface area contributed by atoms with Crippen LogP contribution in [0.5, 0.6) is 0 Å². The molecule has 2 aliphatic carbocycles. The third-order valence-electron chi connectivity index (χ3n) is 7.66. The number of pyridine rings is 1. The second kappa shape index (κ2) is 11.8. The quantitative estimate of drug-likeness (QED) is 0.435. The Morgan fingerprint density at radius 1 is 1.06 bits per heavy atom. The highest BCUT2D eigenvalue weighted by molar-refractivity contribution is 6.05. The zero-order valence-electron chi connectivity index (χ0n) is 21.9. The Balaban J connectivity index is 0.000000672. The molecule has 0 amide bonds. The van der Waals surface area contributed by atoms with Gasteiger partial charge in [-0.3, -0.25) is 4.90 Å². The van der Waals surface area contributed by atoms with Crippen molar-refractivity contribution in [1.29, 1.82) is 0 Å². The molecule has 0 spiro atoms. The minimum Gasteiger partial charge on any atom is -0.462 e. The van der Waals surface area contributed by atoms with Crippen LogP contribution in [0.15, 0.2) is 12.3 Å². The third-order valence-corrected chi connectivity index (χ3v) is 7.66. The maximum atomic E-state index is 13.9. The van der Waals surface area contributed by atoms with E-state index in [-0.39, 0.29) is 0 Å². The van der Waals surface area contributed by atoms with E-state index < -0.39 is 11.8 Å². The van der Waals surface area contributed by atoms with Gasteiger partial charge in [-0.05, 0) is 64.4 Å². The van der Waals surface area contributed by atoms with Crippen LogP contribution in [-0.4, -0.2) is 58.4 Å². The van der Waals surface area contributed by atoms with Crippen LogP contribution in [0.1, 0.15) is 88.2 Å². The first kappa shape index (κ1) is 26.1. The molecule has 1 saturated heterocycles. The van der Waals surface area contributed by atoms with E-state index in [9.17, 15) is 9.18 Å². The highest BCUT2D eigenvalue weighted by Gasteiger charge is 2.38. The number of halogens is 1. The number of aromatic nitrogens is 2. The number of esters is 1. The summed E-state index contributed by atoms with van der Waals surface area (Å²) in [6.07, 6.45) is 12.1. The fraction of sp³-hybridized carbons (Fsp3) is 0.714. The van der Waals surface area contributed by atoms with Gasteiger partial charge in [-0.1, -0.05) is 26.7 Å². The van der Waals surface area contributed by atoms with Gasteiger partial charge in [0.1, 0.15) is 11.5 Å². The van der Waals surface area contributed by atoms with Crippen LogP contribution in [0.2, 0.25) is 0 Å². The third kappa shape index (κ3) is 6.23. The summed E-state index contributed by atoms with van der Waals surface area (Å²) in [5, 5.41) is 0.548. The molecule has 2 saturated carbocycles. The molecule has 2 aromatic rings. The molecule has 0 bridgehead atoms. The molecule has 3 fully saturated rings. The molecule has 0 unspecified atom stereocenters. The van der Waals surface area contributed by atoms with E-state index in [1.54, 1.807) is 6.92 Å². The fourth-order valence-electron chi connectivity index (χ4n) is 5.29. The summed E-state index contributed by atoms with van der Waals surface area (Å²) in [5.41, 5.74) is 1.93. The molecule has 0 N–H and O–H groups in total. The van der Waals surface area contributed by atoms with Crippen molar-refractivity contribution in [2.24, 2.45) is 5.92 Å². The molecule has 1 aliphatic heterocycles. The van der Waals surface area contributed by atoms with Crippen LogP contribution in [0.3, 0.4) is 0 Å². The Labute approximate surface area is 209 Å². The Bertz CT molecular complexity index is 987. The summed E-state index contributed by atoms with van der Waals surface area (Å²) in [5.74, 6) is -0.304. The summed E-state index contributed by atoms with van der Waals surface area (Å²) in [4.78, 5) is 19.5. The van der Waals surface area contributed by atoms with Gasteiger partial charge in [0.2, 0.25) is 0 Å². The van der Waals surface area contributed by atoms with Crippen molar-refractivity contribution in [3.8, 4) is 0 Å². The van der Waals surface area contributed by atoms with E-state index in [1.807, 2.05) is 6.92 Å². The van der Waals surface area contributed by atoms with E-state index >= 15 is 0 Å². The van der Waals surface area contributed by atoms with Crippen LogP contribution in [0, 0.1) is 18.7 Å². The summed E-state index contributed by atoms with van der Waals surface area (Å²) in [6, 6.07) is 2.07. The molecule has 0 aromatic carbocycles. The van der Waals surface area contributed by atoms with Gasteiger partial charge in [-0.15, -0.1) is 0 Å². The van der Waals surface area contributed by atoms with Crippen molar-refractivity contribution >= 4 is 17.0 Å². The minimum atomic E-state index is -0.436. The predicted molar refractivity (Wildman–Crippen MR) is 136 cm³/mol. The number of hydrogen-bond acceptors (Lipinski definition) is 5. The smallest absolute Gasteiger partial charge is 0.340 e. The van der Waals surface area contributed by atoms with Crippen LogP contribution >= 0.6 is 0 Å². The molecule has 5 rings (SSSR count). The second-order valence-electron chi connectivity index (χ2n) is 10.4. The van der Waals surface area contributed by atoms with Gasteiger partial charge in [0, 0.05) is 36.8 Å². The van der Waals surface area contributed by atoms with Crippen molar-refractivity contribution in [1.82, 2.24) is 14.5 Å². The van der Waals surface area contributed by atoms with Crippen molar-refractivity contribution < 1.29 is 18.7 Å². The number of likely N-dealkylation sites (tertiary alicyclic amines) is 1. The molecule has 35 heavy (non-hydrogen) atoms. The zero-order valence-corrected chi connectivity index (χ0v) is 21.9. The monoisotopic (exact) mass is 487 g/mol. The van der Waals surface area contributed by atoms with Crippen molar-refractivity contribution in [2.45, 2.75) is 104 Å². The van der Waals surface area contributed by atoms with Crippen LogP contribution in [-0.2, 0) is 16.0 Å². The lowest BCUT2D eigenvalue weighted by molar-refractivity contribution is -0.0859. The standard InChI is InChI=1S/C24H32FN3O3.C4H10/c1-3-30-24(29)22-15(2)28(23-21(22)10-17(25)11-26-23)12-16-4-6-18(7-5-16)27-13-20(14-27)31-19-8-9-19;1-3-4-2/h10-11,16,18-20H,3-9,12-14H2,1-2H3;3-4H2,1-2H3. The predicted octanol–water partition coefficient (Wildman–Crippen LogP) is 5.89. The lowest BCUT2D eigenvalue weighted by Crippen LogP contribution is -2.57. The number of unbranched alkanes of at least 4 members (excludes halogenated alkanes) is 1. The number of hydrogen-bond donors (Lipinski definition) is 0. The topological polar surface area (TPSA) is 56.6 Å². The van der Waals surface area contributed by atoms with Gasteiger partial charge in [0.15, 0.2) is 0 Å². The zero-order chi connectivity index (χ0) is 24.9. The molecule has 0 radical (unpaired) electrons. The van der Waals surface area contributed by atoms with E-state index in [2.05, 4.69) is 28.3 Å². The highest BCUT2D eigenvalue weighted by Crippen LogP contribution is 2.35. The number of ether oxygens (including phenoxy) is 2. The first-order chi connectivity index (χ1) is 16.9. The summed E-state index contributed by atoms with van der Waals surface area (Å²) >= 11 is 0. The normalized spacial score (nSPS) is 23.0. The number of nitrogens with zero attached hydrogens (tertiary/aromatic N) is 3. The average Bonchev–Trinajstić information content (AvgIpc) is 3.61. The largest absolute Gasteiger partial charge is 0.462 e. The van der Waals surface area contributed by atoms with Gasteiger partial charge >= 0.3 is 5.97 Å². The fourth-order valence-corrected chi connectivity index (χ4v) is 5.29. The minimum absolute atomic E-state index is 0.292. The highest BCUT2D eigenvalue weighted by atomic mass is 19.1. The summed E-state index contributed by atoms with van der Waals surface area (Å²) in [7, 11) is 0. The van der Waals surface area contributed by atoms with Gasteiger partial charge < -0.3 is 14.0 Å². The Morgan fingerprint density at radius 3 is 2.34 bits per heavy atom. The van der Waals surface area contributed by atoms with E-state index in [0.717, 1.165) is 38.2 Å². The molecule has 6 nitrogen and oxygen atoms in total. The second-order valence-corrected chi connectivity index (χ2v) is 10.4. The molecule has 3 aliphatic rings. The number of rotatable bonds is 8. The van der Waals surface area contributed by atoms with Gasteiger partial charge in [-0.25, -0.2) is 14.2 Å². The molecule has 0 atom stereocenters. The summed E-state index contributed by atoms with van der Waals surface area (Å²) < 4.78 is 27.2. The molecular weight excluding hydrogens is 445 g/mol. The number of carbonyl (C=O) groups is 1. The average molecular weight is 488 g/mol. The molecule has 194 valence electrons. The lowest BCUT2D eigenvalue weighted by atomic mass is 9.84.